The van der Waals surface area contributed by atoms with Crippen molar-refractivity contribution in [3.63, 3.8) is 0 Å². The molecule has 0 bridgehead atoms. The van der Waals surface area contributed by atoms with Crippen molar-refractivity contribution < 1.29 is 14.6 Å². The highest BCUT2D eigenvalue weighted by molar-refractivity contribution is 4.33. The molecule has 0 saturated heterocycles. The first-order valence-corrected chi connectivity index (χ1v) is 4.18. The molecule has 0 aromatic rings. The molecule has 0 rings (SSSR count). The van der Waals surface area contributed by atoms with Crippen LogP contribution in [0, 0.1) is 0 Å². The van der Waals surface area contributed by atoms with Crippen LogP contribution < -0.4 is 0 Å². The van der Waals surface area contributed by atoms with Crippen LogP contribution in [0.4, 0.5) is 0 Å². The summed E-state index contributed by atoms with van der Waals surface area (Å²) in [5, 5.41) is 8.34. The van der Waals surface area contributed by atoms with Gasteiger partial charge in [0.05, 0.1) is 26.4 Å². The Kier molecular flexibility index (Phi) is 16.2. The van der Waals surface area contributed by atoms with Crippen LogP contribution in [-0.2, 0) is 9.47 Å². The summed E-state index contributed by atoms with van der Waals surface area (Å²) in [6, 6.07) is 0. The van der Waals surface area contributed by atoms with Gasteiger partial charge in [0.25, 0.3) is 0 Å². The van der Waals surface area contributed by atoms with Gasteiger partial charge < -0.3 is 14.6 Å². The molecule has 0 radical (unpaired) electrons. The van der Waals surface area contributed by atoms with E-state index >= 15 is 0 Å². The van der Waals surface area contributed by atoms with Crippen molar-refractivity contribution in [2.24, 2.45) is 0 Å². The van der Waals surface area contributed by atoms with E-state index < -0.39 is 0 Å². The Hall–Kier alpha value is -0.120. The third kappa shape index (κ3) is 12.5. The van der Waals surface area contributed by atoms with Crippen molar-refractivity contribution in [1.29, 1.82) is 0 Å². The van der Waals surface area contributed by atoms with E-state index in [0.29, 0.717) is 19.8 Å². The van der Waals surface area contributed by atoms with Crippen molar-refractivity contribution in [3.05, 3.63) is 0 Å². The van der Waals surface area contributed by atoms with Gasteiger partial charge in [0, 0.05) is 6.61 Å². The van der Waals surface area contributed by atoms with Crippen LogP contribution in [0.2, 0.25) is 0 Å². The molecule has 3 heteroatoms. The van der Waals surface area contributed by atoms with Gasteiger partial charge in [0.15, 0.2) is 0 Å². The van der Waals surface area contributed by atoms with Crippen LogP contribution in [0.3, 0.4) is 0 Å². The summed E-state index contributed by atoms with van der Waals surface area (Å²) in [7, 11) is 0. The minimum absolute atomic E-state index is 0. The van der Waals surface area contributed by atoms with E-state index in [1.807, 2.05) is 0 Å². The summed E-state index contributed by atoms with van der Waals surface area (Å²) in [6.07, 6.45) is 2.28. The van der Waals surface area contributed by atoms with Crippen molar-refractivity contribution >= 4 is 0 Å². The van der Waals surface area contributed by atoms with Crippen molar-refractivity contribution in [3.8, 4) is 0 Å². The largest absolute Gasteiger partial charge is 0.394 e. The lowest BCUT2D eigenvalue weighted by atomic mass is 10.4. The fourth-order valence-corrected chi connectivity index (χ4v) is 0.633. The maximum Gasteiger partial charge on any atom is 0.0701 e. The van der Waals surface area contributed by atoms with Crippen LogP contribution in [0.25, 0.3) is 0 Å². The predicted octanol–water partition coefficient (Wildman–Crippen LogP) is 1.45. The van der Waals surface area contributed by atoms with Gasteiger partial charge >= 0.3 is 0 Å². The molecule has 12 heavy (non-hydrogen) atoms. The highest BCUT2D eigenvalue weighted by atomic mass is 16.5. The molecule has 0 spiro atoms. The standard InChI is InChI=1S/C8H18O3.CH4/c1-2-3-5-10-7-8-11-6-4-9;/h9H,2-8H2,1H3;1H4. The monoisotopic (exact) mass is 178 g/mol. The fourth-order valence-electron chi connectivity index (χ4n) is 0.633. The lowest BCUT2D eigenvalue weighted by molar-refractivity contribution is 0.0324. The second kappa shape index (κ2) is 13.5. The molecule has 0 aliphatic carbocycles. The molecule has 0 unspecified atom stereocenters. The second-order valence-corrected chi connectivity index (χ2v) is 2.30. The Labute approximate surface area is 75.7 Å². The molecular formula is C9H22O3. The zero-order valence-electron chi connectivity index (χ0n) is 7.21. The SMILES string of the molecule is C.CCCCOCCOCCO. The minimum atomic E-state index is 0. The van der Waals surface area contributed by atoms with Crippen LogP contribution in [0.15, 0.2) is 0 Å². The van der Waals surface area contributed by atoms with Crippen molar-refractivity contribution in [1.82, 2.24) is 0 Å². The van der Waals surface area contributed by atoms with Crippen LogP contribution in [0.5, 0.6) is 0 Å². The van der Waals surface area contributed by atoms with Crippen LogP contribution in [-0.4, -0.2) is 38.1 Å². The molecular weight excluding hydrogens is 156 g/mol. The first-order chi connectivity index (χ1) is 5.41. The third-order valence-electron chi connectivity index (χ3n) is 1.25. The number of ether oxygens (including phenoxy) is 2. The first kappa shape index (κ1) is 14.4. The maximum absolute atomic E-state index is 8.34. The molecule has 0 heterocycles. The minimum Gasteiger partial charge on any atom is -0.394 e. The Balaban J connectivity index is 0. The highest BCUT2D eigenvalue weighted by Gasteiger charge is 1.87. The van der Waals surface area contributed by atoms with Gasteiger partial charge in [-0.15, -0.1) is 0 Å². The van der Waals surface area contributed by atoms with E-state index in [9.17, 15) is 0 Å². The lowest BCUT2D eigenvalue weighted by Gasteiger charge is -2.02. The van der Waals surface area contributed by atoms with Crippen molar-refractivity contribution in [2.45, 2.75) is 27.2 Å². The molecule has 76 valence electrons. The summed E-state index contributed by atoms with van der Waals surface area (Å²) in [5.41, 5.74) is 0. The molecule has 0 amide bonds. The quantitative estimate of drug-likeness (QED) is 0.572. The van der Waals surface area contributed by atoms with Crippen LogP contribution in [0.1, 0.15) is 27.2 Å². The molecule has 0 saturated carbocycles. The molecule has 3 nitrogen and oxygen atoms in total. The molecule has 1 N–H and O–H groups in total. The van der Waals surface area contributed by atoms with Gasteiger partial charge in [0.2, 0.25) is 0 Å². The van der Waals surface area contributed by atoms with E-state index in [1.54, 1.807) is 0 Å². The summed E-state index contributed by atoms with van der Waals surface area (Å²) in [6.45, 7) is 4.68. The number of aliphatic hydroxyl groups excluding tert-OH is 1. The highest BCUT2D eigenvalue weighted by Crippen LogP contribution is 1.87. The Morgan fingerprint density at radius 3 is 2.08 bits per heavy atom. The fraction of sp³-hybridized carbons (Fsp3) is 1.00. The van der Waals surface area contributed by atoms with Gasteiger partial charge in [-0.3, -0.25) is 0 Å². The zero-order valence-corrected chi connectivity index (χ0v) is 7.21. The molecule has 0 aromatic heterocycles. The summed E-state index contributed by atoms with van der Waals surface area (Å²) in [4.78, 5) is 0. The smallest absolute Gasteiger partial charge is 0.0701 e. The molecule has 0 atom stereocenters. The van der Waals surface area contributed by atoms with Gasteiger partial charge in [-0.05, 0) is 6.42 Å². The van der Waals surface area contributed by atoms with Gasteiger partial charge in [-0.2, -0.15) is 0 Å². The number of rotatable bonds is 8. The summed E-state index contributed by atoms with van der Waals surface area (Å²) >= 11 is 0. The van der Waals surface area contributed by atoms with Gasteiger partial charge in [0.1, 0.15) is 0 Å². The molecule has 0 aliphatic rings. The van der Waals surface area contributed by atoms with E-state index in [2.05, 4.69) is 6.92 Å². The topological polar surface area (TPSA) is 38.7 Å². The molecule has 0 aromatic carbocycles. The number of unbranched alkanes of at least 4 members (excludes halogenated alkanes) is 1. The lowest BCUT2D eigenvalue weighted by Crippen LogP contribution is -2.07. The van der Waals surface area contributed by atoms with Crippen molar-refractivity contribution in [2.75, 3.05) is 33.0 Å². The molecule has 0 fully saturated rings. The second-order valence-electron chi connectivity index (χ2n) is 2.30. The number of hydrogen-bond acceptors (Lipinski definition) is 3. The van der Waals surface area contributed by atoms with E-state index in [0.717, 1.165) is 19.4 Å². The van der Waals surface area contributed by atoms with E-state index in [4.69, 9.17) is 14.6 Å². The Morgan fingerprint density at radius 1 is 1.00 bits per heavy atom. The van der Waals surface area contributed by atoms with Gasteiger partial charge in [-0.25, -0.2) is 0 Å². The van der Waals surface area contributed by atoms with E-state index in [1.165, 1.54) is 0 Å². The normalized spacial score (nSPS) is 9.50. The summed E-state index contributed by atoms with van der Waals surface area (Å²) in [5.74, 6) is 0. The number of aliphatic hydroxyl groups is 1. The predicted molar refractivity (Wildman–Crippen MR) is 50.4 cm³/mol. The maximum atomic E-state index is 8.34. The van der Waals surface area contributed by atoms with Gasteiger partial charge in [-0.1, -0.05) is 20.8 Å². The Bertz CT molecular complexity index is 58.8. The van der Waals surface area contributed by atoms with E-state index in [-0.39, 0.29) is 14.0 Å². The Morgan fingerprint density at radius 2 is 1.58 bits per heavy atom. The number of hydrogen-bond donors (Lipinski definition) is 1. The first-order valence-electron chi connectivity index (χ1n) is 4.18. The average molecular weight is 178 g/mol. The summed E-state index contributed by atoms with van der Waals surface area (Å²) < 4.78 is 10.2. The van der Waals surface area contributed by atoms with Crippen LogP contribution >= 0.6 is 0 Å². The third-order valence-corrected chi connectivity index (χ3v) is 1.25. The average Bonchev–Trinajstić information content (AvgIpc) is 2.03. The zero-order chi connectivity index (χ0) is 8.36. The molecule has 0 aliphatic heterocycles.